The Kier molecular flexibility index (Phi) is 2.93. The molecule has 0 radical (unpaired) electrons. The van der Waals surface area contributed by atoms with Gasteiger partial charge in [0.25, 0.3) is 0 Å². The summed E-state index contributed by atoms with van der Waals surface area (Å²) in [4.78, 5) is 20.9. The second-order valence-corrected chi connectivity index (χ2v) is 4.19. The second kappa shape index (κ2) is 4.23. The summed E-state index contributed by atoms with van der Waals surface area (Å²) in [5, 5.41) is 0.455. The smallest absolute Gasteiger partial charge is 0.349 e. The number of anilines is 1. The fourth-order valence-electron chi connectivity index (χ4n) is 1.22. The summed E-state index contributed by atoms with van der Waals surface area (Å²) in [7, 11) is 0. The molecule has 0 atom stereocenters. The highest BCUT2D eigenvalue weighted by molar-refractivity contribution is 9.10. The summed E-state index contributed by atoms with van der Waals surface area (Å²) in [5.41, 5.74) is 5.42. The maximum Gasteiger partial charge on any atom is 0.349 e. The van der Waals surface area contributed by atoms with Gasteiger partial charge in [-0.15, -0.1) is 0 Å². The molecular formula is C9H6BrClN4O. The number of aromatic nitrogens is 3. The summed E-state index contributed by atoms with van der Waals surface area (Å²) in [6.07, 6.45) is 0. The number of nitrogens with two attached hydrogens (primary N) is 1. The van der Waals surface area contributed by atoms with Gasteiger partial charge in [-0.3, -0.25) is 4.98 Å². The molecule has 16 heavy (non-hydrogen) atoms. The molecule has 0 aliphatic carbocycles. The molecule has 3 N–H and O–H groups in total. The van der Waals surface area contributed by atoms with Gasteiger partial charge in [-0.05, 0) is 28.1 Å². The van der Waals surface area contributed by atoms with Crippen LogP contribution >= 0.6 is 27.5 Å². The zero-order valence-corrected chi connectivity index (χ0v) is 10.2. The Bertz CT molecular complexity index is 598. The van der Waals surface area contributed by atoms with Crippen LogP contribution in [-0.2, 0) is 0 Å². The third-order valence-corrected chi connectivity index (χ3v) is 3.17. The molecule has 0 saturated heterocycles. The van der Waals surface area contributed by atoms with E-state index in [2.05, 4.69) is 30.9 Å². The van der Waals surface area contributed by atoms with Gasteiger partial charge >= 0.3 is 5.69 Å². The minimum Gasteiger partial charge on any atom is -0.368 e. The van der Waals surface area contributed by atoms with E-state index in [-0.39, 0.29) is 5.95 Å². The topological polar surface area (TPSA) is 84.7 Å². The molecule has 7 heteroatoms. The van der Waals surface area contributed by atoms with Crippen LogP contribution in [0.3, 0.4) is 0 Å². The van der Waals surface area contributed by atoms with Gasteiger partial charge in [-0.2, -0.15) is 9.97 Å². The van der Waals surface area contributed by atoms with Crippen molar-refractivity contribution in [3.05, 3.63) is 38.2 Å². The van der Waals surface area contributed by atoms with Crippen molar-refractivity contribution in [1.82, 2.24) is 15.0 Å². The Morgan fingerprint density at radius 2 is 2.12 bits per heavy atom. The lowest BCUT2D eigenvalue weighted by atomic mass is 10.2. The standard InChI is InChI=1S/C9H6BrClN4O/c10-5-3-1-2-4(6(5)11)7-13-8(12)15-9(16)14-7/h1-3H,(H3,12,13,14,15,16). The minimum atomic E-state index is -0.557. The molecule has 2 aromatic rings. The van der Waals surface area contributed by atoms with Gasteiger partial charge in [-0.25, -0.2) is 4.79 Å². The third kappa shape index (κ3) is 2.07. The maximum atomic E-state index is 11.1. The van der Waals surface area contributed by atoms with Crippen LogP contribution < -0.4 is 11.4 Å². The van der Waals surface area contributed by atoms with Crippen molar-refractivity contribution in [2.24, 2.45) is 0 Å². The molecule has 0 aliphatic heterocycles. The molecule has 1 aromatic carbocycles. The summed E-state index contributed by atoms with van der Waals surface area (Å²) in [6, 6.07) is 5.29. The van der Waals surface area contributed by atoms with Crippen LogP contribution in [0.5, 0.6) is 0 Å². The lowest BCUT2D eigenvalue weighted by Gasteiger charge is -2.04. The van der Waals surface area contributed by atoms with Gasteiger partial charge in [0.15, 0.2) is 0 Å². The van der Waals surface area contributed by atoms with Crippen LogP contribution in [0.2, 0.25) is 5.02 Å². The average Bonchev–Trinajstić information content (AvgIpc) is 2.20. The van der Waals surface area contributed by atoms with Gasteiger partial charge in [0, 0.05) is 10.0 Å². The summed E-state index contributed by atoms with van der Waals surface area (Å²) in [6.45, 7) is 0. The van der Waals surface area contributed by atoms with Crippen molar-refractivity contribution >= 4 is 33.5 Å². The van der Waals surface area contributed by atoms with Crippen LogP contribution in [0, 0.1) is 0 Å². The maximum absolute atomic E-state index is 11.1. The molecule has 1 heterocycles. The van der Waals surface area contributed by atoms with Crippen LogP contribution in [-0.4, -0.2) is 15.0 Å². The quantitative estimate of drug-likeness (QED) is 0.841. The number of hydrogen-bond donors (Lipinski definition) is 2. The van der Waals surface area contributed by atoms with E-state index in [1.165, 1.54) is 0 Å². The first-order valence-electron chi connectivity index (χ1n) is 4.26. The van der Waals surface area contributed by atoms with E-state index in [1.54, 1.807) is 18.2 Å². The van der Waals surface area contributed by atoms with Crippen molar-refractivity contribution in [2.45, 2.75) is 0 Å². The van der Waals surface area contributed by atoms with Gasteiger partial charge < -0.3 is 5.73 Å². The number of halogens is 2. The van der Waals surface area contributed by atoms with Crippen LogP contribution in [0.4, 0.5) is 5.95 Å². The molecular weight excluding hydrogens is 295 g/mol. The molecule has 2 rings (SSSR count). The first-order chi connectivity index (χ1) is 7.58. The highest BCUT2D eigenvalue weighted by Gasteiger charge is 2.09. The van der Waals surface area contributed by atoms with E-state index in [1.807, 2.05) is 0 Å². The van der Waals surface area contributed by atoms with E-state index in [0.29, 0.717) is 20.9 Å². The molecule has 5 nitrogen and oxygen atoms in total. The number of rotatable bonds is 1. The lowest BCUT2D eigenvalue weighted by molar-refractivity contribution is 1.01. The normalized spacial score (nSPS) is 10.4. The summed E-state index contributed by atoms with van der Waals surface area (Å²) in [5.74, 6) is 0.207. The summed E-state index contributed by atoms with van der Waals surface area (Å²) >= 11 is 9.34. The molecule has 0 unspecified atom stereocenters. The van der Waals surface area contributed by atoms with E-state index in [9.17, 15) is 4.79 Å². The number of hydrogen-bond acceptors (Lipinski definition) is 4. The highest BCUT2D eigenvalue weighted by Crippen LogP contribution is 2.31. The molecule has 0 bridgehead atoms. The molecule has 0 aliphatic rings. The predicted octanol–water partition coefficient (Wildman–Crippen LogP) is 1.83. The first kappa shape index (κ1) is 11.1. The SMILES string of the molecule is Nc1nc(-c2cccc(Br)c2Cl)[nH]c(=O)n1. The molecule has 0 saturated carbocycles. The zero-order valence-electron chi connectivity index (χ0n) is 7.87. The summed E-state index contributed by atoms with van der Waals surface area (Å²) < 4.78 is 0.713. The van der Waals surface area contributed by atoms with Gasteiger partial charge in [0.1, 0.15) is 5.82 Å². The molecule has 0 amide bonds. The fraction of sp³-hybridized carbons (Fsp3) is 0. The number of aromatic amines is 1. The van der Waals surface area contributed by atoms with E-state index >= 15 is 0 Å². The van der Waals surface area contributed by atoms with Gasteiger partial charge in [0.05, 0.1) is 5.02 Å². The molecule has 0 spiro atoms. The third-order valence-electron chi connectivity index (χ3n) is 1.87. The van der Waals surface area contributed by atoms with E-state index in [0.717, 1.165) is 0 Å². The number of nitrogen functional groups attached to an aromatic ring is 1. The van der Waals surface area contributed by atoms with Crippen molar-refractivity contribution in [2.75, 3.05) is 5.73 Å². The monoisotopic (exact) mass is 300 g/mol. The number of nitrogens with one attached hydrogen (secondary N) is 1. The predicted molar refractivity (Wildman–Crippen MR) is 65.2 cm³/mol. The fourth-order valence-corrected chi connectivity index (χ4v) is 1.80. The van der Waals surface area contributed by atoms with Crippen molar-refractivity contribution in [3.63, 3.8) is 0 Å². The minimum absolute atomic E-state index is 0.0882. The molecule has 82 valence electrons. The number of nitrogens with zero attached hydrogens (tertiary/aromatic N) is 2. The first-order valence-corrected chi connectivity index (χ1v) is 5.43. The Balaban J connectivity index is 2.67. The van der Waals surface area contributed by atoms with E-state index in [4.69, 9.17) is 17.3 Å². The lowest BCUT2D eigenvalue weighted by Crippen LogP contribution is -2.15. The Labute approximate surface area is 104 Å². The average molecular weight is 302 g/mol. The second-order valence-electron chi connectivity index (χ2n) is 2.96. The van der Waals surface area contributed by atoms with E-state index < -0.39 is 5.69 Å². The van der Waals surface area contributed by atoms with Crippen molar-refractivity contribution in [3.8, 4) is 11.4 Å². The zero-order chi connectivity index (χ0) is 11.7. The van der Waals surface area contributed by atoms with Crippen LogP contribution in [0.1, 0.15) is 0 Å². The molecule has 1 aromatic heterocycles. The largest absolute Gasteiger partial charge is 0.368 e. The van der Waals surface area contributed by atoms with Crippen molar-refractivity contribution in [1.29, 1.82) is 0 Å². The Morgan fingerprint density at radius 3 is 2.81 bits per heavy atom. The van der Waals surface area contributed by atoms with Gasteiger partial charge in [-0.1, -0.05) is 17.7 Å². The highest BCUT2D eigenvalue weighted by atomic mass is 79.9. The van der Waals surface area contributed by atoms with Gasteiger partial charge in [0.2, 0.25) is 5.95 Å². The Hall–Kier alpha value is -1.40. The van der Waals surface area contributed by atoms with Crippen LogP contribution in [0.15, 0.2) is 27.5 Å². The molecule has 0 fully saturated rings. The Morgan fingerprint density at radius 1 is 1.38 bits per heavy atom. The number of benzene rings is 1. The van der Waals surface area contributed by atoms with Crippen LogP contribution in [0.25, 0.3) is 11.4 Å². The number of H-pyrrole nitrogens is 1. The van der Waals surface area contributed by atoms with Crippen molar-refractivity contribution < 1.29 is 0 Å².